The van der Waals surface area contributed by atoms with Gasteiger partial charge in [0, 0.05) is 30.2 Å². The van der Waals surface area contributed by atoms with Crippen molar-refractivity contribution in [1.82, 2.24) is 4.98 Å². The van der Waals surface area contributed by atoms with Crippen molar-refractivity contribution in [2.75, 3.05) is 25.7 Å². The van der Waals surface area contributed by atoms with E-state index < -0.39 is 0 Å². The lowest BCUT2D eigenvalue weighted by Gasteiger charge is -2.36. The maximum Gasteiger partial charge on any atom is 0.305 e. The molecule has 164 valence electrons. The first kappa shape index (κ1) is 23.6. The van der Waals surface area contributed by atoms with Crippen molar-refractivity contribution in [3.8, 4) is 17.6 Å². The van der Waals surface area contributed by atoms with Gasteiger partial charge in [0.25, 0.3) is 0 Å². The third-order valence-corrected chi connectivity index (χ3v) is 8.47. The average Bonchev–Trinajstić information content (AvgIpc) is 2.81. The minimum Gasteiger partial charge on any atom is -0.493 e. The Morgan fingerprint density at radius 2 is 2.03 bits per heavy atom. The highest BCUT2D eigenvalue weighted by atomic mass is 32.2. The summed E-state index contributed by atoms with van der Waals surface area (Å²) in [5.41, 5.74) is 4.11. The van der Waals surface area contributed by atoms with E-state index in [0.29, 0.717) is 13.0 Å². The highest BCUT2D eigenvalue weighted by molar-refractivity contribution is 8.16. The molecule has 2 aromatic rings. The van der Waals surface area contributed by atoms with Gasteiger partial charge in [-0.2, -0.15) is 0 Å². The summed E-state index contributed by atoms with van der Waals surface area (Å²) in [6.07, 6.45) is 10.3. The Bertz CT molecular complexity index is 943. The van der Waals surface area contributed by atoms with Gasteiger partial charge in [-0.3, -0.25) is 4.79 Å². The second kappa shape index (κ2) is 11.5. The molecule has 0 N–H and O–H groups in total. The van der Waals surface area contributed by atoms with E-state index in [0.717, 1.165) is 54.9 Å². The summed E-state index contributed by atoms with van der Waals surface area (Å²) in [5, 5.41) is 0. The molecule has 6 heteroatoms. The topological polar surface area (TPSA) is 48.4 Å². The van der Waals surface area contributed by atoms with Crippen LogP contribution in [0.4, 0.5) is 0 Å². The monoisotopic (exact) mass is 455 g/mol. The zero-order valence-corrected chi connectivity index (χ0v) is 20.0. The lowest BCUT2D eigenvalue weighted by Crippen LogP contribution is -2.26. The quantitative estimate of drug-likeness (QED) is 0.229. The number of carbonyl (C=O) groups is 1. The Kier molecular flexibility index (Phi) is 8.74. The van der Waals surface area contributed by atoms with Crippen LogP contribution in [0.2, 0.25) is 0 Å². The van der Waals surface area contributed by atoms with Crippen LogP contribution in [0.15, 0.2) is 36.5 Å². The van der Waals surface area contributed by atoms with E-state index >= 15 is 0 Å². The number of nitrogens with zero attached hydrogens (tertiary/aromatic N) is 1. The molecular formula is C25H29NO3S2. The summed E-state index contributed by atoms with van der Waals surface area (Å²) >= 11 is 3.74. The highest BCUT2D eigenvalue weighted by Gasteiger charge is 2.36. The summed E-state index contributed by atoms with van der Waals surface area (Å²) in [4.78, 5) is 15.9. The molecule has 0 saturated heterocycles. The molecule has 0 bridgehead atoms. The molecule has 4 nitrogen and oxygen atoms in total. The molecular weight excluding hydrogens is 426 g/mol. The third-order valence-electron chi connectivity index (χ3n) is 5.30. The Morgan fingerprint density at radius 3 is 2.74 bits per heavy atom. The molecule has 0 radical (unpaired) electrons. The second-order valence-corrected chi connectivity index (χ2v) is 9.75. The van der Waals surface area contributed by atoms with Crippen molar-refractivity contribution >= 4 is 29.5 Å². The molecule has 2 heterocycles. The number of esters is 1. The zero-order valence-electron chi connectivity index (χ0n) is 18.4. The number of fused-ring (bicyclic) bond motifs is 1. The number of hydrogen-bond donors (Lipinski definition) is 0. The molecule has 1 aromatic carbocycles. The molecule has 0 aliphatic carbocycles. The Hall–Kier alpha value is -2.10. The standard InChI is InChI=1S/C25H29NO3S2/c1-4-28-24(27)8-6-5-7-20-10-13-21(26-18-20)12-9-19-11-14-23-22(17-19)25(30-2,31-3)15-16-29-23/h10-11,13-14,17-18H,4-8,15-16H2,1-3H3. The number of rotatable bonds is 8. The number of aryl methyl sites for hydroxylation is 1. The van der Waals surface area contributed by atoms with Gasteiger partial charge in [0.05, 0.1) is 17.3 Å². The molecule has 1 aliphatic rings. The predicted molar refractivity (Wildman–Crippen MR) is 130 cm³/mol. The molecule has 0 unspecified atom stereocenters. The van der Waals surface area contributed by atoms with Gasteiger partial charge in [-0.05, 0) is 74.4 Å². The first-order valence-corrected chi connectivity index (χ1v) is 13.1. The van der Waals surface area contributed by atoms with Crippen LogP contribution < -0.4 is 4.74 Å². The Morgan fingerprint density at radius 1 is 1.19 bits per heavy atom. The molecule has 1 aromatic heterocycles. The van der Waals surface area contributed by atoms with E-state index in [1.54, 1.807) is 0 Å². The predicted octanol–water partition coefficient (Wildman–Crippen LogP) is 5.42. The zero-order chi connectivity index (χ0) is 22.1. The number of aromatic nitrogens is 1. The van der Waals surface area contributed by atoms with Crippen molar-refractivity contribution in [2.45, 2.75) is 43.1 Å². The molecule has 0 amide bonds. The fraction of sp³-hybridized carbons (Fsp3) is 0.440. The van der Waals surface area contributed by atoms with Gasteiger partial charge >= 0.3 is 5.97 Å². The van der Waals surface area contributed by atoms with E-state index in [1.165, 1.54) is 5.56 Å². The van der Waals surface area contributed by atoms with Crippen molar-refractivity contribution in [1.29, 1.82) is 0 Å². The average molecular weight is 456 g/mol. The minimum absolute atomic E-state index is 0.0262. The van der Waals surface area contributed by atoms with Crippen molar-refractivity contribution < 1.29 is 14.3 Å². The Labute approximate surface area is 193 Å². The van der Waals surface area contributed by atoms with Gasteiger partial charge in [-0.15, -0.1) is 23.5 Å². The van der Waals surface area contributed by atoms with Gasteiger partial charge in [0.2, 0.25) is 0 Å². The highest BCUT2D eigenvalue weighted by Crippen LogP contribution is 2.52. The number of pyridine rings is 1. The second-order valence-electron chi connectivity index (χ2n) is 7.28. The van der Waals surface area contributed by atoms with Gasteiger partial charge in [-0.25, -0.2) is 4.98 Å². The fourth-order valence-corrected chi connectivity index (χ4v) is 5.58. The van der Waals surface area contributed by atoms with E-state index in [1.807, 2.05) is 54.8 Å². The van der Waals surface area contributed by atoms with Crippen LogP contribution in [0.25, 0.3) is 0 Å². The summed E-state index contributed by atoms with van der Waals surface area (Å²) in [7, 11) is 0. The van der Waals surface area contributed by atoms with Crippen LogP contribution in [-0.2, 0) is 20.0 Å². The number of hydrogen-bond acceptors (Lipinski definition) is 6. The van der Waals surface area contributed by atoms with Gasteiger partial charge in [0.15, 0.2) is 0 Å². The third kappa shape index (κ3) is 6.21. The largest absolute Gasteiger partial charge is 0.493 e. The lowest BCUT2D eigenvalue weighted by atomic mass is 10.0. The summed E-state index contributed by atoms with van der Waals surface area (Å²) in [6.45, 7) is 3.02. The van der Waals surface area contributed by atoms with Crippen molar-refractivity contribution in [3.63, 3.8) is 0 Å². The first-order chi connectivity index (χ1) is 15.1. The van der Waals surface area contributed by atoms with Crippen molar-refractivity contribution in [3.05, 3.63) is 58.9 Å². The Balaban J connectivity index is 1.62. The van der Waals surface area contributed by atoms with Crippen LogP contribution in [0, 0.1) is 11.8 Å². The molecule has 0 fully saturated rings. The van der Waals surface area contributed by atoms with Crippen LogP contribution >= 0.6 is 23.5 Å². The summed E-state index contributed by atoms with van der Waals surface area (Å²) in [5.74, 6) is 7.28. The van der Waals surface area contributed by atoms with Gasteiger partial charge in [-0.1, -0.05) is 12.0 Å². The normalized spacial score (nSPS) is 14.0. The smallest absolute Gasteiger partial charge is 0.305 e. The van der Waals surface area contributed by atoms with Crippen LogP contribution in [0.5, 0.6) is 5.75 Å². The summed E-state index contributed by atoms with van der Waals surface area (Å²) in [6, 6.07) is 10.2. The van der Waals surface area contributed by atoms with E-state index in [4.69, 9.17) is 9.47 Å². The van der Waals surface area contributed by atoms with Crippen LogP contribution in [0.1, 0.15) is 55.0 Å². The first-order valence-electron chi connectivity index (χ1n) is 10.6. The number of benzene rings is 1. The molecule has 31 heavy (non-hydrogen) atoms. The number of ether oxygens (including phenoxy) is 2. The summed E-state index contributed by atoms with van der Waals surface area (Å²) < 4.78 is 10.8. The van der Waals surface area contributed by atoms with Crippen LogP contribution in [-0.4, -0.2) is 36.7 Å². The molecule has 0 spiro atoms. The lowest BCUT2D eigenvalue weighted by molar-refractivity contribution is -0.143. The van der Waals surface area contributed by atoms with E-state index in [2.05, 4.69) is 41.5 Å². The fourth-order valence-electron chi connectivity index (χ4n) is 3.58. The maximum atomic E-state index is 11.4. The van der Waals surface area contributed by atoms with E-state index in [9.17, 15) is 4.79 Å². The molecule has 1 aliphatic heterocycles. The molecule has 0 saturated carbocycles. The number of thioether (sulfide) groups is 2. The SMILES string of the molecule is CCOC(=O)CCCCc1ccc(C#Cc2ccc3c(c2)C(SC)(SC)CCO3)nc1. The molecule has 3 rings (SSSR count). The number of unbranched alkanes of at least 4 members (excludes halogenated alkanes) is 1. The van der Waals surface area contributed by atoms with Gasteiger partial charge in [0.1, 0.15) is 11.4 Å². The van der Waals surface area contributed by atoms with Crippen LogP contribution in [0.3, 0.4) is 0 Å². The number of carbonyl (C=O) groups excluding carboxylic acids is 1. The minimum atomic E-state index is -0.118. The molecule has 0 atom stereocenters. The van der Waals surface area contributed by atoms with Crippen molar-refractivity contribution in [2.24, 2.45) is 0 Å². The van der Waals surface area contributed by atoms with E-state index in [-0.39, 0.29) is 10.0 Å². The van der Waals surface area contributed by atoms with Gasteiger partial charge < -0.3 is 9.47 Å². The maximum absolute atomic E-state index is 11.4.